The second-order valence-corrected chi connectivity index (χ2v) is 27.5. The molecule has 0 aliphatic carbocycles. The molecule has 0 fully saturated rings. The quantitative estimate of drug-likeness (QED) is 0.0961. The van der Waals surface area contributed by atoms with Gasteiger partial charge in [-0.2, -0.15) is 148 Å². The van der Waals surface area contributed by atoms with Gasteiger partial charge in [-0.15, -0.1) is 72.8 Å². The van der Waals surface area contributed by atoms with Gasteiger partial charge in [0.15, 0.2) is 0 Å². The fourth-order valence-electron chi connectivity index (χ4n) is 12.1. The summed E-state index contributed by atoms with van der Waals surface area (Å²) in [6.07, 6.45) is 1.96. The molecular weight excluding hydrogens is 1630 g/mol. The molecule has 0 aliphatic rings. The number of nitrogens with zero attached hydrogens (tertiary/aromatic N) is 5. The van der Waals surface area contributed by atoms with Crippen molar-refractivity contribution in [3.05, 3.63) is 599 Å². The Morgan fingerprint density at radius 1 is 0.172 bits per heavy atom. The Hall–Kier alpha value is -13.7. The number of hydrogen-bond donors (Lipinski definition) is 0. The zero-order valence-corrected chi connectivity index (χ0v) is 74.0. The van der Waals surface area contributed by atoms with Crippen LogP contribution in [0, 0.1) is 41.5 Å². The van der Waals surface area contributed by atoms with E-state index in [1.54, 1.807) is 0 Å². The molecule has 0 amide bonds. The van der Waals surface area contributed by atoms with Gasteiger partial charge in [0, 0.05) is 11.3 Å². The van der Waals surface area contributed by atoms with Crippen molar-refractivity contribution in [2.45, 2.75) is 25.9 Å². The number of aromatic nitrogens is 3. The Kier molecular flexibility index (Phi) is 42.4. The van der Waals surface area contributed by atoms with Crippen molar-refractivity contribution in [2.24, 2.45) is 0 Å². The van der Waals surface area contributed by atoms with Crippen LogP contribution in [0.3, 0.4) is 0 Å². The summed E-state index contributed by atoms with van der Waals surface area (Å²) >= 11 is 0. The van der Waals surface area contributed by atoms with E-state index < -0.39 is 0 Å². The maximum absolute atomic E-state index is 4.94. The predicted molar refractivity (Wildman–Crippen MR) is 511 cm³/mol. The van der Waals surface area contributed by atoms with Crippen molar-refractivity contribution in [3.8, 4) is 67.2 Å². The first-order valence-corrected chi connectivity index (χ1v) is 40.1. The molecule has 0 aliphatic heterocycles. The maximum atomic E-state index is 4.94. The molecule has 18 aromatic rings. The second-order valence-electron chi connectivity index (χ2n) is 27.5. The molecule has 594 valence electrons. The standard InChI is InChI=1S/C25H21N.2C24H19N2.6C7H7.2Zr/c1-3-10-20(11-4-1)18-19-22-14-9-17-25(26-22)24-16-8-7-15-23(24)21-12-5-2-6-13-21;2*1-3-10-19(11-4-1)18-25-24-17-9-16-23(26-24)22-15-8-7-14-21(22)20-12-5-2-6-13-20;6*1-7-5-3-2-4-6-7;;/h1-17H,18-19H2;2*1-17H,18H2;6*2-6H,1H2;;/q;8*-1;2*+4. The minimum absolute atomic E-state index is 0. The summed E-state index contributed by atoms with van der Waals surface area (Å²) in [6, 6.07) is 165. The second kappa shape index (κ2) is 55.2. The van der Waals surface area contributed by atoms with Gasteiger partial charge < -0.3 is 20.6 Å². The molecule has 0 bridgehead atoms. The average molecular weight is 1740 g/mol. The van der Waals surface area contributed by atoms with E-state index >= 15 is 0 Å². The smallest absolute Gasteiger partial charge is 0.461 e. The Morgan fingerprint density at radius 2 is 0.377 bits per heavy atom. The van der Waals surface area contributed by atoms with Crippen LogP contribution in [0.1, 0.15) is 55.8 Å². The zero-order valence-electron chi connectivity index (χ0n) is 69.1. The van der Waals surface area contributed by atoms with Crippen LogP contribution in [-0.2, 0) is 78.3 Å². The van der Waals surface area contributed by atoms with E-state index in [-0.39, 0.29) is 52.4 Å². The number of benzene rings is 15. The summed E-state index contributed by atoms with van der Waals surface area (Å²) in [5, 5.41) is 9.31. The predicted octanol–water partition coefficient (Wildman–Crippen LogP) is 30.7. The molecule has 0 atom stereocenters. The van der Waals surface area contributed by atoms with E-state index in [9.17, 15) is 0 Å². The first-order chi connectivity index (χ1) is 59.1. The third kappa shape index (κ3) is 34.7. The van der Waals surface area contributed by atoms with E-state index in [2.05, 4.69) is 277 Å². The van der Waals surface area contributed by atoms with Crippen LogP contribution in [-0.4, -0.2) is 15.0 Å². The summed E-state index contributed by atoms with van der Waals surface area (Å²) in [5.41, 5.74) is 24.8. The molecule has 7 heteroatoms. The van der Waals surface area contributed by atoms with Crippen molar-refractivity contribution in [1.82, 2.24) is 15.0 Å². The molecule has 0 radical (unpaired) electrons. The summed E-state index contributed by atoms with van der Waals surface area (Å²) in [7, 11) is 0. The average Bonchev–Trinajstić information content (AvgIpc) is 0.821. The van der Waals surface area contributed by atoms with Gasteiger partial charge in [-0.05, 0) is 111 Å². The molecule has 5 nitrogen and oxygen atoms in total. The van der Waals surface area contributed by atoms with Crippen LogP contribution < -0.4 is 0 Å². The van der Waals surface area contributed by atoms with Crippen molar-refractivity contribution in [2.75, 3.05) is 0 Å². The molecule has 0 N–H and O–H groups in total. The summed E-state index contributed by atoms with van der Waals surface area (Å²) in [6.45, 7) is 23.6. The van der Waals surface area contributed by atoms with E-state index in [0.717, 1.165) is 91.8 Å². The Bertz CT molecular complexity index is 5060. The molecule has 3 aromatic heterocycles. The van der Waals surface area contributed by atoms with Gasteiger partial charge in [0.2, 0.25) is 0 Å². The zero-order chi connectivity index (χ0) is 83.5. The maximum Gasteiger partial charge on any atom is 4.00 e. The normalized spacial score (nSPS) is 9.67. The van der Waals surface area contributed by atoms with Crippen LogP contribution >= 0.6 is 0 Å². The van der Waals surface area contributed by atoms with Crippen molar-refractivity contribution in [3.63, 3.8) is 0 Å². The van der Waals surface area contributed by atoms with Gasteiger partial charge in [-0.3, -0.25) is 4.98 Å². The van der Waals surface area contributed by atoms with Gasteiger partial charge in [0.1, 0.15) is 0 Å². The van der Waals surface area contributed by atoms with E-state index in [0.29, 0.717) is 13.1 Å². The van der Waals surface area contributed by atoms with Gasteiger partial charge >= 0.3 is 52.4 Å². The van der Waals surface area contributed by atoms with Crippen LogP contribution in [0.2, 0.25) is 0 Å². The third-order valence-corrected chi connectivity index (χ3v) is 18.2. The van der Waals surface area contributed by atoms with Gasteiger partial charge in [-0.1, -0.05) is 345 Å². The first-order valence-electron chi connectivity index (χ1n) is 40.1. The molecule has 0 spiro atoms. The van der Waals surface area contributed by atoms with Crippen molar-refractivity contribution in [1.29, 1.82) is 0 Å². The molecule has 0 unspecified atom stereocenters. The van der Waals surface area contributed by atoms with Crippen molar-refractivity contribution < 1.29 is 52.4 Å². The molecule has 15 aromatic carbocycles. The fourth-order valence-corrected chi connectivity index (χ4v) is 12.1. The van der Waals surface area contributed by atoms with Crippen LogP contribution in [0.25, 0.3) is 77.8 Å². The molecular formula is C115H101N5Zr2. The van der Waals surface area contributed by atoms with Crippen LogP contribution in [0.5, 0.6) is 0 Å². The third-order valence-electron chi connectivity index (χ3n) is 18.2. The van der Waals surface area contributed by atoms with Crippen molar-refractivity contribution >= 4 is 11.6 Å². The molecule has 18 rings (SSSR count). The number of rotatable bonds is 15. The SMILES string of the molecule is [CH2-]c1ccccc1.[CH2-]c1ccccc1.[CH2-]c1ccccc1.[CH2-]c1ccccc1.[CH2-]c1ccccc1.[CH2-]c1ccccc1.[Zr+4].[Zr+4].c1ccc(CCc2cccc(-c3ccccc3-c3ccccc3)n2)cc1.c1ccc(C[N-]c2cccc(-c3ccccc3-c3ccccc3)n2)cc1.c1ccc(C[N-]c2cccc(-c3ccccc3-c3ccccc3)n2)cc1. The monoisotopic (exact) mass is 1730 g/mol. The van der Waals surface area contributed by atoms with Crippen LogP contribution in [0.4, 0.5) is 11.6 Å². The van der Waals surface area contributed by atoms with Gasteiger partial charge in [-0.25, -0.2) is 0 Å². The number of aryl methyl sites for hydroxylation is 2. The van der Waals surface area contributed by atoms with Crippen LogP contribution in [0.15, 0.2) is 491 Å². The summed E-state index contributed by atoms with van der Waals surface area (Å²) in [4.78, 5) is 14.5. The molecule has 0 saturated carbocycles. The van der Waals surface area contributed by atoms with Gasteiger partial charge in [0.05, 0.1) is 5.69 Å². The van der Waals surface area contributed by atoms with E-state index in [1.807, 2.05) is 267 Å². The van der Waals surface area contributed by atoms with Gasteiger partial charge in [0.25, 0.3) is 0 Å². The Balaban J connectivity index is 0.000000182. The number of pyridine rings is 3. The largest absolute Gasteiger partial charge is 4.00 e. The van der Waals surface area contributed by atoms with E-state index in [4.69, 9.17) is 15.0 Å². The minimum atomic E-state index is 0. The molecule has 0 saturated heterocycles. The summed E-state index contributed by atoms with van der Waals surface area (Å²) in [5.74, 6) is 1.52. The number of hydrogen-bond acceptors (Lipinski definition) is 3. The Labute approximate surface area is 764 Å². The molecule has 122 heavy (non-hydrogen) atoms. The summed E-state index contributed by atoms with van der Waals surface area (Å²) < 4.78 is 0. The topological polar surface area (TPSA) is 66.9 Å². The first kappa shape index (κ1) is 93.8. The molecule has 3 heterocycles. The Morgan fingerprint density at radius 3 is 0.623 bits per heavy atom. The van der Waals surface area contributed by atoms with E-state index in [1.165, 1.54) is 55.6 Å². The fraction of sp³-hybridized carbons (Fsp3) is 0.0348. The minimum Gasteiger partial charge on any atom is -0.461 e.